The van der Waals surface area contributed by atoms with Gasteiger partial charge in [0.05, 0.1) is 0 Å². The highest BCUT2D eigenvalue weighted by molar-refractivity contribution is 9.10. The van der Waals surface area contributed by atoms with E-state index in [1.807, 2.05) is 54.6 Å². The van der Waals surface area contributed by atoms with E-state index >= 15 is 0 Å². The first kappa shape index (κ1) is 17.1. The fourth-order valence-corrected chi connectivity index (χ4v) is 2.45. The zero-order valence-corrected chi connectivity index (χ0v) is 15.1. The van der Waals surface area contributed by atoms with Gasteiger partial charge in [-0.15, -0.1) is 0 Å². The highest BCUT2D eigenvalue weighted by Crippen LogP contribution is 2.20. The van der Waals surface area contributed by atoms with E-state index in [1.165, 1.54) is 6.08 Å². The minimum absolute atomic E-state index is 0.222. The van der Waals surface area contributed by atoms with Crippen LogP contribution in [-0.4, -0.2) is 16.0 Å². The van der Waals surface area contributed by atoms with E-state index in [2.05, 4.69) is 31.4 Å². The minimum Gasteiger partial charge on any atom is -0.341 e. The van der Waals surface area contributed by atoms with Gasteiger partial charge in [0.2, 0.25) is 17.6 Å². The Bertz CT molecular complexity index is 873. The summed E-state index contributed by atoms with van der Waals surface area (Å²) in [6, 6.07) is 16.8. The fourth-order valence-electron chi connectivity index (χ4n) is 2.19. The number of carbonyl (C=O) groups excluding carboxylic acids is 1. The zero-order valence-electron chi connectivity index (χ0n) is 13.5. The van der Waals surface area contributed by atoms with Crippen LogP contribution in [0.1, 0.15) is 24.4 Å². The molecule has 5 nitrogen and oxygen atoms in total. The van der Waals surface area contributed by atoms with Gasteiger partial charge >= 0.3 is 0 Å². The molecule has 1 N–H and O–H groups in total. The molecule has 0 aliphatic carbocycles. The Hall–Kier alpha value is -2.73. The summed E-state index contributed by atoms with van der Waals surface area (Å²) >= 11 is 3.39. The maximum absolute atomic E-state index is 12.0. The van der Waals surface area contributed by atoms with Gasteiger partial charge in [-0.2, -0.15) is 4.98 Å². The molecule has 0 fully saturated rings. The summed E-state index contributed by atoms with van der Waals surface area (Å²) in [6.45, 7) is 1.80. The Morgan fingerprint density at radius 3 is 2.60 bits per heavy atom. The monoisotopic (exact) mass is 397 g/mol. The number of amides is 1. The Labute approximate surface area is 153 Å². The minimum atomic E-state index is -0.385. The molecule has 1 amide bonds. The predicted molar refractivity (Wildman–Crippen MR) is 99.5 cm³/mol. The lowest BCUT2D eigenvalue weighted by atomic mass is 10.2. The molecule has 6 heteroatoms. The van der Waals surface area contributed by atoms with Crippen LogP contribution in [0.5, 0.6) is 0 Å². The maximum atomic E-state index is 12.0. The van der Waals surface area contributed by atoms with Crippen LogP contribution in [0.2, 0.25) is 0 Å². The van der Waals surface area contributed by atoms with Crippen LogP contribution in [0.25, 0.3) is 17.5 Å². The molecular weight excluding hydrogens is 382 g/mol. The van der Waals surface area contributed by atoms with Gasteiger partial charge in [-0.05, 0) is 42.8 Å². The first-order valence-corrected chi connectivity index (χ1v) is 8.54. The third-order valence-corrected chi connectivity index (χ3v) is 4.03. The van der Waals surface area contributed by atoms with Crippen LogP contribution in [0.3, 0.4) is 0 Å². The average Bonchev–Trinajstić information content (AvgIpc) is 3.12. The Morgan fingerprint density at radius 2 is 1.88 bits per heavy atom. The number of carbonyl (C=O) groups is 1. The summed E-state index contributed by atoms with van der Waals surface area (Å²) < 4.78 is 6.24. The van der Waals surface area contributed by atoms with Crippen LogP contribution in [0, 0.1) is 0 Å². The molecule has 0 saturated carbocycles. The second-order valence-corrected chi connectivity index (χ2v) is 6.35. The van der Waals surface area contributed by atoms with Crippen molar-refractivity contribution in [3.8, 4) is 11.4 Å². The van der Waals surface area contributed by atoms with E-state index in [1.54, 1.807) is 13.0 Å². The number of aromatic nitrogens is 2. The molecule has 1 unspecified atom stereocenters. The molecule has 0 spiro atoms. The molecule has 126 valence electrons. The average molecular weight is 398 g/mol. The van der Waals surface area contributed by atoms with E-state index in [-0.39, 0.29) is 11.9 Å². The molecule has 0 radical (unpaired) electrons. The molecule has 0 aliphatic rings. The Kier molecular flexibility index (Phi) is 5.40. The van der Waals surface area contributed by atoms with Gasteiger partial charge in [0.1, 0.15) is 6.04 Å². The third kappa shape index (κ3) is 4.64. The molecule has 2 aromatic carbocycles. The van der Waals surface area contributed by atoms with Crippen molar-refractivity contribution in [3.05, 3.63) is 76.6 Å². The summed E-state index contributed by atoms with van der Waals surface area (Å²) in [5.41, 5.74) is 1.81. The number of rotatable bonds is 5. The van der Waals surface area contributed by atoms with Crippen molar-refractivity contribution in [2.75, 3.05) is 0 Å². The van der Waals surface area contributed by atoms with Crippen molar-refractivity contribution < 1.29 is 9.32 Å². The first-order valence-electron chi connectivity index (χ1n) is 7.75. The van der Waals surface area contributed by atoms with E-state index in [9.17, 15) is 4.79 Å². The van der Waals surface area contributed by atoms with E-state index < -0.39 is 0 Å². The van der Waals surface area contributed by atoms with Gasteiger partial charge in [-0.1, -0.05) is 51.4 Å². The smallest absolute Gasteiger partial charge is 0.249 e. The molecule has 0 saturated heterocycles. The highest BCUT2D eigenvalue weighted by Gasteiger charge is 2.16. The topological polar surface area (TPSA) is 68.0 Å². The number of hydrogen-bond donors (Lipinski definition) is 1. The number of nitrogens with one attached hydrogen (secondary N) is 1. The molecular formula is C19H16BrN3O2. The van der Waals surface area contributed by atoms with Gasteiger partial charge in [-0.3, -0.25) is 4.79 Å². The predicted octanol–water partition coefficient (Wildman–Crippen LogP) is 4.39. The summed E-state index contributed by atoms with van der Waals surface area (Å²) in [5, 5.41) is 6.78. The first-order chi connectivity index (χ1) is 12.1. The lowest BCUT2D eigenvalue weighted by Gasteiger charge is -2.06. The van der Waals surface area contributed by atoms with Crippen molar-refractivity contribution in [3.63, 3.8) is 0 Å². The number of benzene rings is 2. The molecule has 1 atom stereocenters. The second-order valence-electron chi connectivity index (χ2n) is 5.44. The van der Waals surface area contributed by atoms with Crippen LogP contribution in [0.4, 0.5) is 0 Å². The van der Waals surface area contributed by atoms with Gasteiger partial charge in [0.25, 0.3) is 0 Å². The molecule has 1 heterocycles. The maximum Gasteiger partial charge on any atom is 0.249 e. The number of nitrogens with zero attached hydrogens (tertiary/aromatic N) is 2. The number of halogens is 1. The zero-order chi connectivity index (χ0) is 17.6. The Morgan fingerprint density at radius 1 is 1.16 bits per heavy atom. The summed E-state index contributed by atoms with van der Waals surface area (Å²) in [7, 11) is 0. The van der Waals surface area contributed by atoms with E-state index in [4.69, 9.17) is 4.52 Å². The van der Waals surface area contributed by atoms with Crippen molar-refractivity contribution in [1.82, 2.24) is 15.5 Å². The molecule has 0 aliphatic heterocycles. The normalized spacial score (nSPS) is 12.2. The largest absolute Gasteiger partial charge is 0.341 e. The van der Waals surface area contributed by atoms with Gasteiger partial charge < -0.3 is 9.84 Å². The van der Waals surface area contributed by atoms with Crippen molar-refractivity contribution in [1.29, 1.82) is 0 Å². The molecule has 3 aromatic rings. The molecule has 25 heavy (non-hydrogen) atoms. The fraction of sp³-hybridized carbons (Fsp3) is 0.105. The Balaban J connectivity index is 1.63. The van der Waals surface area contributed by atoms with Crippen molar-refractivity contribution in [2.45, 2.75) is 13.0 Å². The van der Waals surface area contributed by atoms with Crippen molar-refractivity contribution in [2.24, 2.45) is 0 Å². The SMILES string of the molecule is CC(NC(=O)C=Cc1ccccc1)c1nc(-c2ccc(Br)cc2)no1. The summed E-state index contributed by atoms with van der Waals surface area (Å²) in [4.78, 5) is 16.4. The highest BCUT2D eigenvalue weighted by atomic mass is 79.9. The van der Waals surface area contributed by atoms with Gasteiger partial charge in [0.15, 0.2) is 0 Å². The van der Waals surface area contributed by atoms with Crippen LogP contribution >= 0.6 is 15.9 Å². The van der Waals surface area contributed by atoms with E-state index in [0.29, 0.717) is 11.7 Å². The quantitative estimate of drug-likeness (QED) is 0.648. The second kappa shape index (κ2) is 7.90. The van der Waals surface area contributed by atoms with Crippen LogP contribution < -0.4 is 5.32 Å². The number of hydrogen-bond acceptors (Lipinski definition) is 4. The lowest BCUT2D eigenvalue weighted by molar-refractivity contribution is -0.117. The molecule has 1 aromatic heterocycles. The lowest BCUT2D eigenvalue weighted by Crippen LogP contribution is -2.24. The van der Waals surface area contributed by atoms with Crippen LogP contribution in [-0.2, 0) is 4.79 Å². The molecule has 0 bridgehead atoms. The van der Waals surface area contributed by atoms with Gasteiger partial charge in [-0.25, -0.2) is 0 Å². The van der Waals surface area contributed by atoms with E-state index in [0.717, 1.165) is 15.6 Å². The van der Waals surface area contributed by atoms with Crippen LogP contribution in [0.15, 0.2) is 69.7 Å². The molecule has 3 rings (SSSR count). The standard InChI is InChI=1S/C19H16BrN3O2/c1-13(21-17(24)12-7-14-5-3-2-4-6-14)19-22-18(23-25-19)15-8-10-16(20)11-9-15/h2-13H,1H3,(H,21,24). The van der Waals surface area contributed by atoms with Gasteiger partial charge in [0, 0.05) is 16.1 Å². The summed E-state index contributed by atoms with van der Waals surface area (Å²) in [6.07, 6.45) is 3.24. The third-order valence-electron chi connectivity index (χ3n) is 3.50. The van der Waals surface area contributed by atoms with Crippen molar-refractivity contribution >= 4 is 27.9 Å². The summed E-state index contributed by atoms with van der Waals surface area (Å²) in [5.74, 6) is 0.627.